The van der Waals surface area contributed by atoms with E-state index in [1.165, 1.54) is 13.8 Å². The number of carbonyl (C=O) groups is 3. The van der Waals surface area contributed by atoms with E-state index in [-0.39, 0.29) is 36.4 Å². The van der Waals surface area contributed by atoms with E-state index in [9.17, 15) is 14.4 Å². The van der Waals surface area contributed by atoms with Crippen molar-refractivity contribution in [1.29, 1.82) is 0 Å². The zero-order valence-electron chi connectivity index (χ0n) is 8.22. The second-order valence-electron chi connectivity index (χ2n) is 3.16. The van der Waals surface area contributed by atoms with Crippen molar-refractivity contribution in [2.45, 2.75) is 27.2 Å². The monoisotopic (exact) mass is 185 g/mol. The molecule has 1 N–H and O–H groups in total. The first-order valence-corrected chi connectivity index (χ1v) is 4.20. The fraction of sp³-hybridized carbons (Fsp3) is 0.667. The van der Waals surface area contributed by atoms with Crippen LogP contribution in [0.1, 0.15) is 27.2 Å². The lowest BCUT2D eigenvalue weighted by molar-refractivity contribution is -0.127. The molecule has 1 atom stereocenters. The van der Waals surface area contributed by atoms with Gasteiger partial charge in [-0.1, -0.05) is 6.92 Å². The summed E-state index contributed by atoms with van der Waals surface area (Å²) in [7, 11) is 0. The minimum absolute atomic E-state index is 0.00354. The number of nitrogens with one attached hydrogen (secondary N) is 1. The third-order valence-electron chi connectivity index (χ3n) is 1.76. The number of carbonyl (C=O) groups excluding carboxylic acids is 3. The normalized spacial score (nSPS) is 11.9. The zero-order valence-corrected chi connectivity index (χ0v) is 8.22. The van der Waals surface area contributed by atoms with Gasteiger partial charge in [0.1, 0.15) is 5.78 Å². The fourth-order valence-corrected chi connectivity index (χ4v) is 0.780. The van der Waals surface area contributed by atoms with Gasteiger partial charge in [0.25, 0.3) is 0 Å². The van der Waals surface area contributed by atoms with Gasteiger partial charge in [0.2, 0.25) is 5.91 Å². The van der Waals surface area contributed by atoms with Crippen LogP contribution in [0.25, 0.3) is 0 Å². The number of hydrogen-bond acceptors (Lipinski definition) is 3. The smallest absolute Gasteiger partial charge is 0.217 e. The van der Waals surface area contributed by atoms with E-state index in [2.05, 4.69) is 5.32 Å². The Morgan fingerprint density at radius 3 is 2.15 bits per heavy atom. The average molecular weight is 185 g/mol. The van der Waals surface area contributed by atoms with Gasteiger partial charge < -0.3 is 5.32 Å². The van der Waals surface area contributed by atoms with Crippen LogP contribution >= 0.6 is 0 Å². The molecular formula is C9H15NO3. The van der Waals surface area contributed by atoms with E-state index < -0.39 is 0 Å². The molecule has 0 aromatic rings. The van der Waals surface area contributed by atoms with Gasteiger partial charge >= 0.3 is 0 Å². The van der Waals surface area contributed by atoms with Gasteiger partial charge in [0, 0.05) is 19.3 Å². The summed E-state index contributed by atoms with van der Waals surface area (Å²) in [5.74, 6) is -0.598. The maximum absolute atomic E-state index is 11.1. The Morgan fingerprint density at radius 1 is 1.23 bits per heavy atom. The second-order valence-corrected chi connectivity index (χ2v) is 3.16. The molecule has 0 aliphatic carbocycles. The van der Waals surface area contributed by atoms with Crippen LogP contribution in [0.15, 0.2) is 0 Å². The first-order valence-electron chi connectivity index (χ1n) is 4.20. The molecule has 4 heteroatoms. The van der Waals surface area contributed by atoms with Crippen LogP contribution in [-0.2, 0) is 14.4 Å². The Balaban J connectivity index is 3.74. The van der Waals surface area contributed by atoms with Gasteiger partial charge in [0.05, 0.1) is 6.54 Å². The molecule has 0 aliphatic rings. The first kappa shape index (κ1) is 11.8. The molecule has 4 nitrogen and oxygen atoms in total. The molecule has 0 rings (SSSR count). The summed E-state index contributed by atoms with van der Waals surface area (Å²) in [6.45, 7) is 4.53. The Kier molecular flexibility index (Phi) is 4.96. The first-order chi connectivity index (χ1) is 5.93. The van der Waals surface area contributed by atoms with Crippen LogP contribution in [0.5, 0.6) is 0 Å². The van der Waals surface area contributed by atoms with Gasteiger partial charge in [-0.05, 0) is 6.92 Å². The van der Waals surface area contributed by atoms with Crippen molar-refractivity contribution in [3.63, 3.8) is 0 Å². The summed E-state index contributed by atoms with van der Waals surface area (Å²) in [6.07, 6.45) is 0.204. The summed E-state index contributed by atoms with van der Waals surface area (Å²) in [6, 6.07) is 0. The molecule has 0 spiro atoms. The second kappa shape index (κ2) is 5.45. The van der Waals surface area contributed by atoms with Crippen molar-refractivity contribution in [3.05, 3.63) is 0 Å². The van der Waals surface area contributed by atoms with E-state index in [0.717, 1.165) is 0 Å². The predicted molar refractivity (Wildman–Crippen MR) is 48.2 cm³/mol. The van der Waals surface area contributed by atoms with Crippen molar-refractivity contribution in [2.75, 3.05) is 6.54 Å². The highest BCUT2D eigenvalue weighted by Gasteiger charge is 2.12. The maximum Gasteiger partial charge on any atom is 0.217 e. The SMILES string of the molecule is CC(=O)NCC(=O)CC(C)C(C)=O. The van der Waals surface area contributed by atoms with E-state index in [1.54, 1.807) is 6.92 Å². The molecule has 0 saturated carbocycles. The molecule has 0 bridgehead atoms. The fourth-order valence-electron chi connectivity index (χ4n) is 0.780. The minimum Gasteiger partial charge on any atom is -0.349 e. The van der Waals surface area contributed by atoms with E-state index >= 15 is 0 Å². The van der Waals surface area contributed by atoms with Crippen LogP contribution in [0, 0.1) is 5.92 Å². The number of rotatable bonds is 5. The molecule has 0 aromatic heterocycles. The Hall–Kier alpha value is -1.19. The molecule has 1 amide bonds. The summed E-state index contributed by atoms with van der Waals surface area (Å²) in [4.78, 5) is 32.3. The van der Waals surface area contributed by atoms with Crippen molar-refractivity contribution >= 4 is 17.5 Å². The predicted octanol–water partition coefficient (Wildman–Crippen LogP) is 0.307. The molecule has 0 radical (unpaired) electrons. The Labute approximate surface area is 77.7 Å². The van der Waals surface area contributed by atoms with Crippen LogP contribution in [0.2, 0.25) is 0 Å². The number of hydrogen-bond donors (Lipinski definition) is 1. The van der Waals surface area contributed by atoms with Gasteiger partial charge in [0.15, 0.2) is 5.78 Å². The highest BCUT2D eigenvalue weighted by molar-refractivity contribution is 5.89. The lowest BCUT2D eigenvalue weighted by atomic mass is 10.0. The molecule has 0 aliphatic heterocycles. The summed E-state index contributed by atoms with van der Waals surface area (Å²) in [5.41, 5.74) is 0. The highest BCUT2D eigenvalue weighted by atomic mass is 16.2. The van der Waals surface area contributed by atoms with Gasteiger partial charge in [-0.3, -0.25) is 14.4 Å². The van der Waals surface area contributed by atoms with Crippen LogP contribution in [0.3, 0.4) is 0 Å². The molecule has 13 heavy (non-hydrogen) atoms. The molecular weight excluding hydrogens is 170 g/mol. The summed E-state index contributed by atoms with van der Waals surface area (Å²) >= 11 is 0. The van der Waals surface area contributed by atoms with Gasteiger partial charge in [-0.15, -0.1) is 0 Å². The van der Waals surface area contributed by atoms with E-state index in [0.29, 0.717) is 0 Å². The lowest BCUT2D eigenvalue weighted by Gasteiger charge is -2.06. The molecule has 0 saturated heterocycles. The van der Waals surface area contributed by atoms with Gasteiger partial charge in [-0.2, -0.15) is 0 Å². The molecule has 0 heterocycles. The third-order valence-corrected chi connectivity index (χ3v) is 1.76. The number of ketones is 2. The molecule has 0 aromatic carbocycles. The maximum atomic E-state index is 11.1. The zero-order chi connectivity index (χ0) is 10.4. The molecule has 74 valence electrons. The van der Waals surface area contributed by atoms with Crippen molar-refractivity contribution in [2.24, 2.45) is 5.92 Å². The highest BCUT2D eigenvalue weighted by Crippen LogP contribution is 2.02. The van der Waals surface area contributed by atoms with Crippen LogP contribution in [-0.4, -0.2) is 24.0 Å². The standard InChI is InChI=1S/C9H15NO3/c1-6(7(2)11)4-9(13)5-10-8(3)12/h6H,4-5H2,1-3H3,(H,10,12). The van der Waals surface area contributed by atoms with E-state index in [4.69, 9.17) is 0 Å². The molecule has 0 fully saturated rings. The molecule has 1 unspecified atom stereocenters. The largest absolute Gasteiger partial charge is 0.349 e. The summed E-state index contributed by atoms with van der Waals surface area (Å²) < 4.78 is 0. The topological polar surface area (TPSA) is 63.2 Å². The number of Topliss-reactive ketones (excluding diaryl/α,β-unsaturated/α-hetero) is 2. The summed E-state index contributed by atoms with van der Waals surface area (Å²) in [5, 5.41) is 2.39. The van der Waals surface area contributed by atoms with Gasteiger partial charge in [-0.25, -0.2) is 0 Å². The van der Waals surface area contributed by atoms with E-state index in [1.807, 2.05) is 0 Å². The Morgan fingerprint density at radius 2 is 1.77 bits per heavy atom. The quantitative estimate of drug-likeness (QED) is 0.670. The Bertz CT molecular complexity index is 223. The van der Waals surface area contributed by atoms with Crippen LogP contribution < -0.4 is 5.32 Å². The van der Waals surface area contributed by atoms with Crippen molar-refractivity contribution in [1.82, 2.24) is 5.32 Å². The lowest BCUT2D eigenvalue weighted by Crippen LogP contribution is -2.28. The van der Waals surface area contributed by atoms with Crippen molar-refractivity contribution in [3.8, 4) is 0 Å². The number of amides is 1. The van der Waals surface area contributed by atoms with Crippen molar-refractivity contribution < 1.29 is 14.4 Å². The average Bonchev–Trinajstić information content (AvgIpc) is 2.00. The van der Waals surface area contributed by atoms with Crippen LogP contribution in [0.4, 0.5) is 0 Å². The minimum atomic E-state index is -0.249. The third kappa shape index (κ3) is 6.02.